The summed E-state index contributed by atoms with van der Waals surface area (Å²) in [6, 6.07) is 0. The SMILES string of the molecule is CC/C=C\C/C=C\C/C=C\C/C=C\C=C\C(O)CCCC(=O)OC[C@H](COP(=O)(O)OCCN)OC(=O)CCC/C=C\C/C=C\C/C=C\C/C=C\C/C=C\CC. The lowest BCUT2D eigenvalue weighted by molar-refractivity contribution is -0.161. The van der Waals surface area contributed by atoms with Crippen LogP contribution in [0, 0.1) is 0 Å². The van der Waals surface area contributed by atoms with E-state index in [0.717, 1.165) is 57.8 Å². The van der Waals surface area contributed by atoms with Gasteiger partial charge in [0, 0.05) is 19.4 Å². The Morgan fingerprint density at radius 2 is 1.11 bits per heavy atom. The summed E-state index contributed by atoms with van der Waals surface area (Å²) < 4.78 is 32.5. The molecule has 4 N–H and O–H groups in total. The van der Waals surface area contributed by atoms with Crippen molar-refractivity contribution in [2.45, 2.75) is 122 Å². The number of hydrogen-bond donors (Lipinski definition) is 3. The topological polar surface area (TPSA) is 155 Å². The number of rotatable bonds is 35. The highest BCUT2D eigenvalue weighted by molar-refractivity contribution is 7.47. The molecule has 11 heteroatoms. The van der Waals surface area contributed by atoms with Gasteiger partial charge in [0.15, 0.2) is 6.10 Å². The smallest absolute Gasteiger partial charge is 0.462 e. The molecule has 0 bridgehead atoms. The number of phosphoric ester groups is 1. The first-order chi connectivity index (χ1) is 27.2. The molecule has 314 valence electrons. The minimum atomic E-state index is -4.45. The van der Waals surface area contributed by atoms with Crippen LogP contribution in [0.4, 0.5) is 0 Å². The summed E-state index contributed by atoms with van der Waals surface area (Å²) in [5.41, 5.74) is 5.32. The Hall–Kier alpha value is -3.63. The molecule has 0 rings (SSSR count). The maximum absolute atomic E-state index is 12.5. The van der Waals surface area contributed by atoms with Crippen molar-refractivity contribution in [3.05, 3.63) is 122 Å². The van der Waals surface area contributed by atoms with Gasteiger partial charge in [-0.3, -0.25) is 18.6 Å². The van der Waals surface area contributed by atoms with E-state index in [2.05, 4.69) is 98.9 Å². The third-order valence-corrected chi connectivity index (χ3v) is 8.43. The largest absolute Gasteiger partial charge is 0.472 e. The maximum atomic E-state index is 12.5. The van der Waals surface area contributed by atoms with Crippen molar-refractivity contribution in [3.8, 4) is 0 Å². The van der Waals surface area contributed by atoms with Gasteiger partial charge >= 0.3 is 19.8 Å². The van der Waals surface area contributed by atoms with Gasteiger partial charge in [0.1, 0.15) is 6.61 Å². The molecule has 0 aliphatic heterocycles. The zero-order chi connectivity index (χ0) is 41.2. The lowest BCUT2D eigenvalue weighted by Crippen LogP contribution is -2.29. The minimum Gasteiger partial charge on any atom is -0.462 e. The van der Waals surface area contributed by atoms with Crippen LogP contribution in [0.1, 0.15) is 110 Å². The molecule has 0 saturated heterocycles. The summed E-state index contributed by atoms with van der Waals surface area (Å²) in [5.74, 6) is -1.12. The van der Waals surface area contributed by atoms with Crippen LogP contribution in [-0.2, 0) is 32.7 Å². The van der Waals surface area contributed by atoms with Gasteiger partial charge in [-0.05, 0) is 83.5 Å². The molecule has 3 atom stereocenters. The number of carbonyl (C=O) groups excluding carboxylic acids is 2. The molecule has 0 fully saturated rings. The molecule has 0 aliphatic carbocycles. The molecule has 0 aliphatic rings. The third kappa shape index (κ3) is 38.6. The van der Waals surface area contributed by atoms with Gasteiger partial charge in [-0.1, -0.05) is 135 Å². The normalized spacial score (nSPS) is 15.2. The fourth-order valence-corrected chi connectivity index (χ4v) is 5.28. The van der Waals surface area contributed by atoms with E-state index in [1.165, 1.54) is 0 Å². The number of aliphatic hydroxyl groups excluding tert-OH is 1. The zero-order valence-electron chi connectivity index (χ0n) is 33.9. The zero-order valence-corrected chi connectivity index (χ0v) is 34.8. The van der Waals surface area contributed by atoms with E-state index in [-0.39, 0.29) is 32.6 Å². The monoisotopic (exact) mass is 799 g/mol. The first kappa shape index (κ1) is 52.4. The Morgan fingerprint density at radius 3 is 1.62 bits per heavy atom. The lowest BCUT2D eigenvalue weighted by Gasteiger charge is -2.19. The molecule has 0 heterocycles. The Balaban J connectivity index is 4.53. The molecule has 2 unspecified atom stereocenters. The number of carbonyl (C=O) groups is 2. The molecule has 10 nitrogen and oxygen atoms in total. The van der Waals surface area contributed by atoms with Gasteiger partial charge < -0.3 is 25.2 Å². The van der Waals surface area contributed by atoms with E-state index < -0.39 is 38.6 Å². The van der Waals surface area contributed by atoms with E-state index in [4.69, 9.17) is 24.3 Å². The number of nitrogens with two attached hydrogens (primary N) is 1. The van der Waals surface area contributed by atoms with Crippen LogP contribution in [0.3, 0.4) is 0 Å². The number of phosphoric acid groups is 1. The van der Waals surface area contributed by atoms with E-state index in [9.17, 15) is 24.2 Å². The number of esters is 2. The highest BCUT2D eigenvalue weighted by Crippen LogP contribution is 2.43. The molecule has 0 aromatic carbocycles. The Bertz CT molecular complexity index is 1340. The molecular formula is C45H70NO9P. The first-order valence-corrected chi connectivity index (χ1v) is 21.6. The summed E-state index contributed by atoms with van der Waals surface area (Å²) in [4.78, 5) is 34.8. The second kappa shape index (κ2) is 39.6. The van der Waals surface area contributed by atoms with Crippen LogP contribution in [0.2, 0.25) is 0 Å². The van der Waals surface area contributed by atoms with Crippen molar-refractivity contribution in [2.24, 2.45) is 5.73 Å². The minimum absolute atomic E-state index is 0.0107. The average Bonchev–Trinajstić information content (AvgIpc) is 3.18. The van der Waals surface area contributed by atoms with Crippen LogP contribution in [0.15, 0.2) is 122 Å². The van der Waals surface area contributed by atoms with E-state index in [1.54, 1.807) is 12.2 Å². The van der Waals surface area contributed by atoms with Gasteiger partial charge in [0.05, 0.1) is 19.3 Å². The Kier molecular flexibility index (Phi) is 37.0. The summed E-state index contributed by atoms with van der Waals surface area (Å²) in [6.07, 6.45) is 49.9. The molecule has 0 saturated carbocycles. The first-order valence-electron chi connectivity index (χ1n) is 20.1. The summed E-state index contributed by atoms with van der Waals surface area (Å²) in [7, 11) is -4.45. The number of hydrogen-bond acceptors (Lipinski definition) is 9. The highest BCUT2D eigenvalue weighted by Gasteiger charge is 2.26. The number of aliphatic hydroxyl groups is 1. The van der Waals surface area contributed by atoms with Crippen molar-refractivity contribution in [3.63, 3.8) is 0 Å². The number of unbranched alkanes of at least 4 members (excludes halogenated alkanes) is 1. The van der Waals surface area contributed by atoms with E-state index in [1.807, 2.05) is 24.3 Å². The number of allylic oxidation sites excluding steroid dienone is 19. The second-order valence-electron chi connectivity index (χ2n) is 12.6. The van der Waals surface area contributed by atoms with E-state index >= 15 is 0 Å². The average molecular weight is 800 g/mol. The molecule has 0 aromatic heterocycles. The van der Waals surface area contributed by atoms with Gasteiger partial charge in [-0.25, -0.2) is 4.57 Å². The molecule has 56 heavy (non-hydrogen) atoms. The van der Waals surface area contributed by atoms with Crippen LogP contribution in [0.5, 0.6) is 0 Å². The van der Waals surface area contributed by atoms with Gasteiger partial charge in [0.25, 0.3) is 0 Å². The van der Waals surface area contributed by atoms with Crippen LogP contribution in [-0.4, -0.2) is 60.5 Å². The van der Waals surface area contributed by atoms with Crippen LogP contribution >= 0.6 is 7.82 Å². The van der Waals surface area contributed by atoms with Gasteiger partial charge in [-0.2, -0.15) is 0 Å². The summed E-state index contributed by atoms with van der Waals surface area (Å²) >= 11 is 0. The molecule has 0 amide bonds. The fourth-order valence-electron chi connectivity index (χ4n) is 4.52. The molecule has 0 spiro atoms. The van der Waals surface area contributed by atoms with Crippen molar-refractivity contribution in [1.82, 2.24) is 0 Å². The Labute approximate surface area is 337 Å². The third-order valence-electron chi connectivity index (χ3n) is 7.45. The molecule has 0 radical (unpaired) electrons. The fraction of sp³-hybridized carbons (Fsp3) is 0.511. The van der Waals surface area contributed by atoms with Crippen LogP contribution < -0.4 is 5.73 Å². The van der Waals surface area contributed by atoms with Crippen molar-refractivity contribution in [1.29, 1.82) is 0 Å². The highest BCUT2D eigenvalue weighted by atomic mass is 31.2. The number of ether oxygens (including phenoxy) is 2. The maximum Gasteiger partial charge on any atom is 0.472 e. The predicted molar refractivity (Wildman–Crippen MR) is 230 cm³/mol. The van der Waals surface area contributed by atoms with Crippen molar-refractivity contribution < 1.29 is 42.7 Å². The van der Waals surface area contributed by atoms with Gasteiger partial charge in [-0.15, -0.1) is 0 Å². The lowest BCUT2D eigenvalue weighted by atomic mass is 10.1. The Morgan fingerprint density at radius 1 is 0.625 bits per heavy atom. The van der Waals surface area contributed by atoms with Gasteiger partial charge in [0.2, 0.25) is 0 Å². The van der Waals surface area contributed by atoms with Crippen molar-refractivity contribution in [2.75, 3.05) is 26.4 Å². The van der Waals surface area contributed by atoms with Crippen LogP contribution in [0.25, 0.3) is 0 Å². The predicted octanol–water partition coefficient (Wildman–Crippen LogP) is 10.3. The quantitative estimate of drug-likeness (QED) is 0.0185. The summed E-state index contributed by atoms with van der Waals surface area (Å²) in [6.45, 7) is 3.16. The summed E-state index contributed by atoms with van der Waals surface area (Å²) in [5, 5.41) is 10.2. The molecular weight excluding hydrogens is 729 g/mol. The van der Waals surface area contributed by atoms with E-state index in [0.29, 0.717) is 25.7 Å². The van der Waals surface area contributed by atoms with Crippen molar-refractivity contribution >= 4 is 19.8 Å². The molecule has 0 aromatic rings. The standard InChI is InChI=1S/C45H70NO9P/c1-3-5-7-9-11-13-15-17-18-19-20-22-24-26-28-30-32-36-45(49)55-43(41-54-56(50,51)53-39-38-46)40-52-44(48)37-33-35-42(47)34-31-29-27-25-23-21-16-14-12-10-8-6-4-2/h5-8,11-14,17-18,20-23,26-29,31,34,42-43,47H,3-4,9-10,15-16,19,24-25,30,32-33,35-41,46H2,1-2H3,(H,50,51)/b7-5-,8-6-,13-11-,14-12-,18-17-,22-20-,23-21-,28-26-,29-27-,34-31+/t42?,43-/m1/s1. The second-order valence-corrected chi connectivity index (χ2v) is 14.0.